The van der Waals surface area contributed by atoms with Crippen molar-refractivity contribution in [3.05, 3.63) is 53.9 Å². The standard InChI is InChI=1S/C16H14F3N3O4S/c17-16(18,19)10-1-3-13(4-2-10)27(24,25)22-8-12(9-22)26-11-5-6-21-14(7-11)15(20)23/h1-7,12H,8-9H2,(H2,20,23). The summed E-state index contributed by atoms with van der Waals surface area (Å²) >= 11 is 0. The van der Waals surface area contributed by atoms with E-state index in [0.29, 0.717) is 5.75 Å². The first-order valence-corrected chi connectivity index (χ1v) is 9.11. The van der Waals surface area contributed by atoms with Crippen molar-refractivity contribution >= 4 is 15.9 Å². The Hall–Kier alpha value is -2.66. The van der Waals surface area contributed by atoms with Crippen molar-refractivity contribution < 1.29 is 31.1 Å². The molecule has 2 aromatic rings. The number of hydrogen-bond acceptors (Lipinski definition) is 5. The molecule has 11 heteroatoms. The van der Waals surface area contributed by atoms with E-state index in [4.69, 9.17) is 10.5 Å². The number of rotatable bonds is 5. The van der Waals surface area contributed by atoms with Crippen LogP contribution in [0.4, 0.5) is 13.2 Å². The van der Waals surface area contributed by atoms with Gasteiger partial charge in [-0.3, -0.25) is 9.78 Å². The summed E-state index contributed by atoms with van der Waals surface area (Å²) in [6, 6.07) is 6.14. The highest BCUT2D eigenvalue weighted by Gasteiger charge is 2.39. The maximum Gasteiger partial charge on any atom is 0.416 e. The summed E-state index contributed by atoms with van der Waals surface area (Å²) in [5, 5.41) is 0. The summed E-state index contributed by atoms with van der Waals surface area (Å²) in [6.45, 7) is 0.0508. The predicted molar refractivity (Wildman–Crippen MR) is 87.4 cm³/mol. The zero-order chi connectivity index (χ0) is 19.8. The molecule has 27 heavy (non-hydrogen) atoms. The molecular weight excluding hydrogens is 387 g/mol. The smallest absolute Gasteiger partial charge is 0.416 e. The van der Waals surface area contributed by atoms with Crippen LogP contribution in [0.15, 0.2) is 47.5 Å². The number of amides is 1. The monoisotopic (exact) mass is 401 g/mol. The van der Waals surface area contributed by atoms with E-state index in [9.17, 15) is 26.4 Å². The quantitative estimate of drug-likeness (QED) is 0.821. The molecule has 1 aromatic heterocycles. The number of sulfonamides is 1. The molecule has 0 saturated carbocycles. The maximum absolute atomic E-state index is 12.6. The van der Waals surface area contributed by atoms with Gasteiger partial charge in [-0.1, -0.05) is 0 Å². The molecule has 0 unspecified atom stereocenters. The average molecular weight is 401 g/mol. The molecule has 1 amide bonds. The normalized spacial score (nSPS) is 16.0. The fourth-order valence-electron chi connectivity index (χ4n) is 2.45. The number of alkyl halides is 3. The topological polar surface area (TPSA) is 103 Å². The highest BCUT2D eigenvalue weighted by atomic mass is 32.2. The van der Waals surface area contributed by atoms with Crippen molar-refractivity contribution in [3.63, 3.8) is 0 Å². The maximum atomic E-state index is 12.6. The second-order valence-corrected chi connectivity index (χ2v) is 7.76. The van der Waals surface area contributed by atoms with E-state index in [1.165, 1.54) is 18.3 Å². The number of benzene rings is 1. The van der Waals surface area contributed by atoms with E-state index in [1.54, 1.807) is 0 Å². The number of pyridine rings is 1. The zero-order valence-electron chi connectivity index (χ0n) is 13.7. The minimum Gasteiger partial charge on any atom is -0.488 e. The first-order chi connectivity index (χ1) is 12.6. The molecule has 1 saturated heterocycles. The average Bonchev–Trinajstić information content (AvgIpc) is 2.57. The Kier molecular flexibility index (Phi) is 4.82. The number of primary amides is 1. The molecule has 1 aliphatic rings. The van der Waals surface area contributed by atoms with Gasteiger partial charge in [-0.25, -0.2) is 8.42 Å². The Morgan fingerprint density at radius 3 is 2.37 bits per heavy atom. The lowest BCUT2D eigenvalue weighted by atomic mass is 10.2. The zero-order valence-corrected chi connectivity index (χ0v) is 14.5. The van der Waals surface area contributed by atoms with Crippen LogP contribution < -0.4 is 10.5 Å². The highest BCUT2D eigenvalue weighted by Crippen LogP contribution is 2.31. The van der Waals surface area contributed by atoms with Gasteiger partial charge in [0.1, 0.15) is 17.5 Å². The van der Waals surface area contributed by atoms with Gasteiger partial charge in [-0.05, 0) is 30.3 Å². The summed E-state index contributed by atoms with van der Waals surface area (Å²) in [5.74, 6) is -0.407. The van der Waals surface area contributed by atoms with Crippen LogP contribution in [0.2, 0.25) is 0 Å². The van der Waals surface area contributed by atoms with Gasteiger partial charge in [0, 0.05) is 12.3 Å². The van der Waals surface area contributed by atoms with Crippen LogP contribution in [0.5, 0.6) is 5.75 Å². The molecule has 0 aliphatic carbocycles. The van der Waals surface area contributed by atoms with Crippen LogP contribution in [0.3, 0.4) is 0 Å². The van der Waals surface area contributed by atoms with Gasteiger partial charge in [0.05, 0.1) is 23.5 Å². The molecule has 0 bridgehead atoms. The van der Waals surface area contributed by atoms with E-state index in [0.717, 1.165) is 28.6 Å². The number of aromatic nitrogens is 1. The third-order valence-corrected chi connectivity index (χ3v) is 5.77. The van der Waals surface area contributed by atoms with Crippen molar-refractivity contribution in [2.24, 2.45) is 5.73 Å². The lowest BCUT2D eigenvalue weighted by Gasteiger charge is -2.37. The van der Waals surface area contributed by atoms with Crippen LogP contribution >= 0.6 is 0 Å². The fourth-order valence-corrected chi connectivity index (χ4v) is 3.95. The number of carbonyl (C=O) groups excluding carboxylic acids is 1. The van der Waals surface area contributed by atoms with E-state index >= 15 is 0 Å². The molecule has 3 rings (SSSR count). The lowest BCUT2D eigenvalue weighted by molar-refractivity contribution is -0.137. The van der Waals surface area contributed by atoms with Gasteiger partial charge in [-0.15, -0.1) is 0 Å². The Labute approximate surface area is 152 Å². The Bertz CT molecular complexity index is 956. The summed E-state index contributed by atoms with van der Waals surface area (Å²) < 4.78 is 69.3. The van der Waals surface area contributed by atoms with Crippen molar-refractivity contribution in [1.82, 2.24) is 9.29 Å². The molecule has 2 N–H and O–H groups in total. The number of ether oxygens (including phenoxy) is 1. The number of hydrogen-bond donors (Lipinski definition) is 1. The third kappa shape index (κ3) is 4.03. The van der Waals surface area contributed by atoms with Crippen LogP contribution in [0.1, 0.15) is 16.1 Å². The van der Waals surface area contributed by atoms with Crippen LogP contribution in [-0.2, 0) is 16.2 Å². The van der Waals surface area contributed by atoms with E-state index in [1.807, 2.05) is 0 Å². The van der Waals surface area contributed by atoms with Crippen molar-refractivity contribution in [3.8, 4) is 5.75 Å². The number of nitrogens with two attached hydrogens (primary N) is 1. The fraction of sp³-hybridized carbons (Fsp3) is 0.250. The van der Waals surface area contributed by atoms with Gasteiger partial charge < -0.3 is 10.5 Å². The van der Waals surface area contributed by atoms with Crippen LogP contribution in [0.25, 0.3) is 0 Å². The van der Waals surface area contributed by atoms with Gasteiger partial charge in [0.2, 0.25) is 10.0 Å². The molecule has 0 atom stereocenters. The Balaban J connectivity index is 1.64. The SMILES string of the molecule is NC(=O)c1cc(OC2CN(S(=O)(=O)c3ccc(C(F)(F)F)cc3)C2)ccn1. The first-order valence-electron chi connectivity index (χ1n) is 7.67. The van der Waals surface area contributed by atoms with Gasteiger partial charge in [0.25, 0.3) is 5.91 Å². The van der Waals surface area contributed by atoms with E-state index in [2.05, 4.69) is 4.98 Å². The van der Waals surface area contributed by atoms with Gasteiger partial charge in [0.15, 0.2) is 0 Å². The minimum absolute atomic E-state index is 0.0149. The Morgan fingerprint density at radius 1 is 1.19 bits per heavy atom. The number of carbonyl (C=O) groups is 1. The minimum atomic E-state index is -4.54. The van der Waals surface area contributed by atoms with E-state index in [-0.39, 0.29) is 23.7 Å². The largest absolute Gasteiger partial charge is 0.488 e. The summed E-state index contributed by atoms with van der Waals surface area (Å²) in [4.78, 5) is 14.6. The number of nitrogens with zero attached hydrogens (tertiary/aromatic N) is 2. The second-order valence-electron chi connectivity index (χ2n) is 5.83. The van der Waals surface area contributed by atoms with Crippen LogP contribution in [0, 0.1) is 0 Å². The lowest BCUT2D eigenvalue weighted by Crippen LogP contribution is -2.55. The van der Waals surface area contributed by atoms with Crippen molar-refractivity contribution in [2.45, 2.75) is 17.2 Å². The van der Waals surface area contributed by atoms with Gasteiger partial charge in [-0.2, -0.15) is 17.5 Å². The molecule has 0 radical (unpaired) electrons. The Morgan fingerprint density at radius 2 is 1.81 bits per heavy atom. The molecule has 1 fully saturated rings. The third-order valence-electron chi connectivity index (χ3n) is 3.92. The summed E-state index contributed by atoms with van der Waals surface area (Å²) in [6.07, 6.45) is -3.66. The van der Waals surface area contributed by atoms with Crippen molar-refractivity contribution in [1.29, 1.82) is 0 Å². The second kappa shape index (κ2) is 6.82. The highest BCUT2D eigenvalue weighted by molar-refractivity contribution is 7.89. The predicted octanol–water partition coefficient (Wildman–Crippen LogP) is 1.65. The molecule has 2 heterocycles. The van der Waals surface area contributed by atoms with E-state index < -0.39 is 33.8 Å². The molecule has 144 valence electrons. The molecule has 7 nitrogen and oxygen atoms in total. The van der Waals surface area contributed by atoms with Crippen LogP contribution in [-0.4, -0.2) is 42.8 Å². The molecule has 1 aliphatic heterocycles. The summed E-state index contributed by atoms with van der Waals surface area (Å²) in [5.41, 5.74) is 4.22. The first kappa shape index (κ1) is 19.1. The molecule has 1 aromatic carbocycles. The van der Waals surface area contributed by atoms with Gasteiger partial charge >= 0.3 is 6.18 Å². The molecular formula is C16H14F3N3O4S. The number of halogens is 3. The summed E-state index contributed by atoms with van der Waals surface area (Å²) in [7, 11) is -3.91. The molecule has 0 spiro atoms. The van der Waals surface area contributed by atoms with Crippen molar-refractivity contribution in [2.75, 3.05) is 13.1 Å².